The zero-order valence-electron chi connectivity index (χ0n) is 18.7. The minimum absolute atomic E-state index is 0.153. The summed E-state index contributed by atoms with van der Waals surface area (Å²) >= 11 is 0. The van der Waals surface area contributed by atoms with Crippen LogP contribution in [0.25, 0.3) is 0 Å². The van der Waals surface area contributed by atoms with E-state index < -0.39 is 10.1 Å². The molecule has 0 fully saturated rings. The number of hydrogen-bond donors (Lipinski definition) is 2. The summed E-state index contributed by atoms with van der Waals surface area (Å²) in [6.45, 7) is 5.25. The molecule has 28 heavy (non-hydrogen) atoms. The maximum atomic E-state index is 11.0. The normalized spacial score (nSPS) is 14.3. The van der Waals surface area contributed by atoms with E-state index in [4.69, 9.17) is 9.66 Å². The Morgan fingerprint density at radius 2 is 1.04 bits per heavy atom. The third-order valence-electron chi connectivity index (χ3n) is 5.76. The van der Waals surface area contributed by atoms with Crippen molar-refractivity contribution in [2.24, 2.45) is 0 Å². The number of aliphatic hydroxyl groups excluding tert-OH is 1. The van der Waals surface area contributed by atoms with Gasteiger partial charge in [0.2, 0.25) is 0 Å². The molecule has 1 unspecified atom stereocenters. The Balaban J connectivity index is 3.85. The maximum absolute atomic E-state index is 11.0. The monoisotopic (exact) mass is 422 g/mol. The predicted molar refractivity (Wildman–Crippen MR) is 119 cm³/mol. The molecule has 0 saturated carbocycles. The second kappa shape index (κ2) is 17.7. The summed E-state index contributed by atoms with van der Waals surface area (Å²) in [5.74, 6) is -0.153. The highest BCUT2D eigenvalue weighted by atomic mass is 32.2. The minimum Gasteiger partial charge on any atom is -0.396 e. The van der Waals surface area contributed by atoms with Gasteiger partial charge in [0, 0.05) is 13.0 Å². The average Bonchev–Trinajstić information content (AvgIpc) is 2.62. The van der Waals surface area contributed by atoms with Crippen LogP contribution in [0.15, 0.2) is 0 Å². The fraction of sp³-hybridized carbons (Fsp3) is 1.00. The molecular weight excluding hydrogens is 374 g/mol. The summed E-state index contributed by atoms with van der Waals surface area (Å²) in [6, 6.07) is 0. The van der Waals surface area contributed by atoms with Crippen molar-refractivity contribution in [3.8, 4) is 0 Å². The molecule has 0 bridgehead atoms. The van der Waals surface area contributed by atoms with Crippen LogP contribution in [-0.4, -0.2) is 61.6 Å². The smallest absolute Gasteiger partial charge is 0.265 e. The van der Waals surface area contributed by atoms with E-state index in [1.165, 1.54) is 77.0 Å². The van der Waals surface area contributed by atoms with Crippen LogP contribution in [-0.2, 0) is 10.1 Å². The molecule has 0 aliphatic rings. The topological polar surface area (TPSA) is 74.6 Å². The molecule has 0 rings (SSSR count). The first-order valence-electron chi connectivity index (χ1n) is 11.7. The van der Waals surface area contributed by atoms with Crippen LogP contribution in [0.4, 0.5) is 0 Å². The van der Waals surface area contributed by atoms with Crippen LogP contribution < -0.4 is 0 Å². The molecule has 0 amide bonds. The van der Waals surface area contributed by atoms with Gasteiger partial charge in [-0.15, -0.1) is 0 Å². The Kier molecular flexibility index (Phi) is 17.6. The lowest BCUT2D eigenvalue weighted by molar-refractivity contribution is -0.910. The molecule has 0 aliphatic heterocycles. The summed E-state index contributed by atoms with van der Waals surface area (Å²) in [7, 11) is -1.69. The van der Waals surface area contributed by atoms with Crippen molar-refractivity contribution in [3.05, 3.63) is 0 Å². The fourth-order valence-electron chi connectivity index (χ4n) is 3.90. The first kappa shape index (κ1) is 27.8. The third-order valence-corrected chi connectivity index (χ3v) is 6.56. The zero-order valence-corrected chi connectivity index (χ0v) is 19.5. The molecule has 0 saturated heterocycles. The minimum atomic E-state index is -3.87. The van der Waals surface area contributed by atoms with Crippen LogP contribution in [0.5, 0.6) is 0 Å². The lowest BCUT2D eigenvalue weighted by Crippen LogP contribution is -2.46. The average molecular weight is 423 g/mol. The Morgan fingerprint density at radius 1 is 0.643 bits per heavy atom. The fourth-order valence-corrected chi connectivity index (χ4v) is 4.40. The number of quaternary nitrogens is 1. The summed E-state index contributed by atoms with van der Waals surface area (Å²) < 4.78 is 31.7. The van der Waals surface area contributed by atoms with Gasteiger partial charge in [0.1, 0.15) is 0 Å². The molecule has 2 N–H and O–H groups in total. The first-order chi connectivity index (χ1) is 13.3. The molecule has 0 radical (unpaired) electrons. The molecule has 170 valence electrons. The van der Waals surface area contributed by atoms with Gasteiger partial charge in [-0.1, -0.05) is 71.1 Å². The lowest BCUT2D eigenvalue weighted by atomic mass is 10.0. The summed E-state index contributed by atoms with van der Waals surface area (Å²) in [5.41, 5.74) is 0. The third kappa shape index (κ3) is 19.2. The van der Waals surface area contributed by atoms with Crippen molar-refractivity contribution >= 4 is 10.1 Å². The largest absolute Gasteiger partial charge is 0.396 e. The number of unbranched alkanes of at least 4 members (excludes halogenated alkanes) is 12. The molecule has 0 spiro atoms. The molecule has 0 aromatic rings. The van der Waals surface area contributed by atoms with Gasteiger partial charge in [0.25, 0.3) is 10.1 Å². The van der Waals surface area contributed by atoms with E-state index in [1.807, 2.05) is 0 Å². The van der Waals surface area contributed by atoms with Crippen molar-refractivity contribution in [2.75, 3.05) is 39.0 Å². The number of nitrogens with zero attached hydrogens (tertiary/aromatic N) is 1. The molecule has 1 atom stereocenters. The van der Waals surface area contributed by atoms with E-state index in [9.17, 15) is 8.42 Å². The highest BCUT2D eigenvalue weighted by Gasteiger charge is 2.21. The zero-order chi connectivity index (χ0) is 21.1. The van der Waals surface area contributed by atoms with Crippen LogP contribution in [0.3, 0.4) is 0 Å². The van der Waals surface area contributed by atoms with E-state index in [-0.39, 0.29) is 12.4 Å². The van der Waals surface area contributed by atoms with Crippen molar-refractivity contribution in [3.63, 3.8) is 0 Å². The highest BCUT2D eigenvalue weighted by molar-refractivity contribution is 7.85. The van der Waals surface area contributed by atoms with E-state index in [0.717, 1.165) is 37.0 Å². The molecule has 0 heterocycles. The molecule has 5 nitrogen and oxygen atoms in total. The van der Waals surface area contributed by atoms with E-state index in [0.29, 0.717) is 6.42 Å². The van der Waals surface area contributed by atoms with Gasteiger partial charge in [-0.05, 0) is 25.7 Å². The quantitative estimate of drug-likeness (QED) is 0.152. The van der Waals surface area contributed by atoms with Gasteiger partial charge in [-0.3, -0.25) is 4.55 Å². The summed E-state index contributed by atoms with van der Waals surface area (Å²) in [5, 5.41) is 9.02. The van der Waals surface area contributed by atoms with Crippen LogP contribution in [0.2, 0.25) is 0 Å². The molecule has 0 aromatic heterocycles. The standard InChI is InChI=1S/C22H47NO4S/c1-3-4-5-6-7-8-9-10-11-12-13-14-18-23(2,19-15-16-21-24)20-17-22-28(25,26)27/h24H,3-22H2,1-2H3/p+1. The molecule has 6 heteroatoms. The second-order valence-corrected chi connectivity index (χ2v) is 10.3. The van der Waals surface area contributed by atoms with Gasteiger partial charge in [0.15, 0.2) is 0 Å². The Bertz CT molecular complexity index is 442. The van der Waals surface area contributed by atoms with Crippen LogP contribution in [0.1, 0.15) is 103 Å². The van der Waals surface area contributed by atoms with Crippen LogP contribution >= 0.6 is 0 Å². The Hall–Kier alpha value is -0.170. The molecular formula is C22H48NO4S+. The lowest BCUT2D eigenvalue weighted by Gasteiger charge is -2.35. The van der Waals surface area contributed by atoms with Gasteiger partial charge in [-0.25, -0.2) is 0 Å². The first-order valence-corrected chi connectivity index (χ1v) is 13.3. The number of aliphatic hydroxyl groups is 1. The van der Waals surface area contributed by atoms with Crippen molar-refractivity contribution in [1.29, 1.82) is 0 Å². The maximum Gasteiger partial charge on any atom is 0.265 e. The van der Waals surface area contributed by atoms with E-state index >= 15 is 0 Å². The predicted octanol–water partition coefficient (Wildman–Crippen LogP) is 5.18. The molecule has 0 aromatic carbocycles. The number of hydrogen-bond acceptors (Lipinski definition) is 3. The molecule has 0 aliphatic carbocycles. The second-order valence-electron chi connectivity index (χ2n) is 8.75. The highest BCUT2D eigenvalue weighted by Crippen LogP contribution is 2.15. The van der Waals surface area contributed by atoms with E-state index in [1.54, 1.807) is 0 Å². The van der Waals surface area contributed by atoms with Gasteiger partial charge in [-0.2, -0.15) is 8.42 Å². The Morgan fingerprint density at radius 3 is 1.46 bits per heavy atom. The van der Waals surface area contributed by atoms with Crippen molar-refractivity contribution in [1.82, 2.24) is 0 Å². The van der Waals surface area contributed by atoms with Gasteiger partial charge >= 0.3 is 0 Å². The van der Waals surface area contributed by atoms with E-state index in [2.05, 4.69) is 14.0 Å². The van der Waals surface area contributed by atoms with Crippen LogP contribution in [0, 0.1) is 0 Å². The van der Waals surface area contributed by atoms with Gasteiger partial charge < -0.3 is 9.59 Å². The Labute approximate surface area is 175 Å². The summed E-state index contributed by atoms with van der Waals surface area (Å²) in [4.78, 5) is 0. The SMILES string of the molecule is CCCCCCCCCCCCCC[N+](C)(CCCCO)CCCS(=O)(=O)O. The van der Waals surface area contributed by atoms with Gasteiger partial charge in [0.05, 0.1) is 32.4 Å². The number of rotatable bonds is 21. The van der Waals surface area contributed by atoms with Crippen molar-refractivity contribution < 1.29 is 22.6 Å². The summed E-state index contributed by atoms with van der Waals surface area (Å²) in [6.07, 6.45) is 18.3. The van der Waals surface area contributed by atoms with Crippen molar-refractivity contribution in [2.45, 2.75) is 103 Å².